The first kappa shape index (κ1) is 35.5. The molecule has 0 bridgehead atoms. The van der Waals surface area contributed by atoms with Crippen LogP contribution in [0.2, 0.25) is 0 Å². The van der Waals surface area contributed by atoms with Crippen molar-refractivity contribution >= 4 is 46.6 Å². The number of nitriles is 3. The Bertz CT molecular complexity index is 1720. The van der Waals surface area contributed by atoms with Crippen molar-refractivity contribution in [3.05, 3.63) is 92.4 Å². The molecule has 0 atom stereocenters. The smallest absolute Gasteiger partial charge is 0.172 e. The lowest BCUT2D eigenvalue weighted by atomic mass is 9.94. The average Bonchev–Trinajstić information content (AvgIpc) is 3.80. The number of benzene rings is 1. The summed E-state index contributed by atoms with van der Waals surface area (Å²) in [6, 6.07) is 23.3. The van der Waals surface area contributed by atoms with Crippen LogP contribution in [-0.2, 0) is 4.74 Å². The average molecular weight is 661 g/mol. The Morgan fingerprint density at radius 3 is 1.79 bits per heavy atom. The summed E-state index contributed by atoms with van der Waals surface area (Å²) < 4.78 is 5.87. The van der Waals surface area contributed by atoms with Gasteiger partial charge in [0.05, 0.1) is 0 Å². The van der Waals surface area contributed by atoms with Crippen LogP contribution in [-0.4, -0.2) is 18.7 Å². The van der Waals surface area contributed by atoms with Gasteiger partial charge in [-0.15, -0.1) is 22.7 Å². The van der Waals surface area contributed by atoms with E-state index in [0.29, 0.717) is 5.57 Å². The molecule has 0 amide bonds. The Kier molecular flexibility index (Phi) is 13.2. The predicted octanol–water partition coefficient (Wildman–Crippen LogP) is 11.6. The Labute approximate surface area is 289 Å². The highest BCUT2D eigenvalue weighted by molar-refractivity contribution is 7.22. The number of allylic oxidation sites excluding steroid dienone is 2. The van der Waals surface area contributed by atoms with E-state index in [4.69, 9.17) is 4.74 Å². The Hall–Kier alpha value is -4.35. The number of rotatable bonds is 16. The van der Waals surface area contributed by atoms with E-state index in [9.17, 15) is 15.8 Å². The maximum atomic E-state index is 9.79. The maximum Gasteiger partial charge on any atom is 0.172 e. The second-order valence-electron chi connectivity index (χ2n) is 12.2. The van der Waals surface area contributed by atoms with Crippen LogP contribution in [0.4, 0.5) is 5.69 Å². The van der Waals surface area contributed by atoms with Gasteiger partial charge < -0.3 is 9.64 Å². The first-order chi connectivity index (χ1) is 22.8. The summed E-state index contributed by atoms with van der Waals surface area (Å²) in [5.41, 5.74) is 2.38. The molecule has 0 saturated carbocycles. The SMILES string of the molecule is CCCCCCN(CCCCCC)c1ccc(/C=C/c2ccc(-c3ccc(/C=C/C4=C(C#N)C(=C(C#N)C#N)OC4(C)C)s3)s2)cc1. The van der Waals surface area contributed by atoms with Gasteiger partial charge in [-0.05, 0) is 80.8 Å². The molecule has 3 heterocycles. The zero-order chi connectivity index (χ0) is 33.6. The molecule has 1 aromatic carbocycles. The topological polar surface area (TPSA) is 83.8 Å². The van der Waals surface area contributed by atoms with E-state index in [1.54, 1.807) is 22.7 Å². The molecule has 47 heavy (non-hydrogen) atoms. The van der Waals surface area contributed by atoms with Crippen molar-refractivity contribution in [1.29, 1.82) is 15.8 Å². The minimum atomic E-state index is -0.826. The molecule has 0 fully saturated rings. The zero-order valence-corrected chi connectivity index (χ0v) is 29.6. The minimum absolute atomic E-state index is 0.0571. The normalized spacial score (nSPS) is 13.9. The summed E-state index contributed by atoms with van der Waals surface area (Å²) in [5, 5.41) is 28.4. The monoisotopic (exact) mass is 660 g/mol. The summed E-state index contributed by atoms with van der Waals surface area (Å²) in [7, 11) is 0. The molecule has 0 aliphatic carbocycles. The molecular weight excluding hydrogens is 617 g/mol. The molecule has 0 N–H and O–H groups in total. The molecule has 0 radical (unpaired) electrons. The van der Waals surface area contributed by atoms with Gasteiger partial charge in [-0.1, -0.05) is 76.7 Å². The minimum Gasteiger partial charge on any atom is -0.480 e. The van der Waals surface area contributed by atoms with Gasteiger partial charge in [0.1, 0.15) is 29.4 Å². The van der Waals surface area contributed by atoms with Crippen LogP contribution in [0.1, 0.15) is 94.4 Å². The van der Waals surface area contributed by atoms with E-state index >= 15 is 0 Å². The fourth-order valence-corrected chi connectivity index (χ4v) is 7.51. The number of nitrogens with zero attached hydrogens (tertiary/aromatic N) is 4. The van der Waals surface area contributed by atoms with Crippen LogP contribution < -0.4 is 4.90 Å². The third kappa shape index (κ3) is 9.59. The predicted molar refractivity (Wildman–Crippen MR) is 199 cm³/mol. The van der Waals surface area contributed by atoms with Crippen molar-refractivity contribution in [2.24, 2.45) is 0 Å². The summed E-state index contributed by atoms with van der Waals surface area (Å²) in [6.07, 6.45) is 18.5. The van der Waals surface area contributed by atoms with Crippen LogP contribution in [0.3, 0.4) is 0 Å². The van der Waals surface area contributed by atoms with Crippen LogP contribution >= 0.6 is 22.7 Å². The van der Waals surface area contributed by atoms with Gasteiger partial charge in [0, 0.05) is 43.9 Å². The highest BCUT2D eigenvalue weighted by Crippen LogP contribution is 2.41. The molecule has 0 unspecified atom stereocenters. The van der Waals surface area contributed by atoms with Gasteiger partial charge >= 0.3 is 0 Å². The lowest BCUT2D eigenvalue weighted by Gasteiger charge is -2.25. The molecule has 2 aromatic heterocycles. The van der Waals surface area contributed by atoms with Gasteiger partial charge in [-0.3, -0.25) is 0 Å². The number of unbranched alkanes of at least 4 members (excludes halogenated alkanes) is 6. The lowest BCUT2D eigenvalue weighted by Crippen LogP contribution is -2.25. The third-order valence-corrected chi connectivity index (χ3v) is 10.5. The second-order valence-corrected chi connectivity index (χ2v) is 14.4. The van der Waals surface area contributed by atoms with Crippen molar-refractivity contribution in [3.63, 3.8) is 0 Å². The molecule has 7 heteroatoms. The summed E-state index contributed by atoms with van der Waals surface area (Å²) in [5.74, 6) is 0.0571. The van der Waals surface area contributed by atoms with Crippen LogP contribution in [0.15, 0.2) is 77.1 Å². The Morgan fingerprint density at radius 1 is 0.723 bits per heavy atom. The molecule has 5 nitrogen and oxygen atoms in total. The van der Waals surface area contributed by atoms with E-state index < -0.39 is 5.60 Å². The number of anilines is 1. The molecule has 0 spiro atoms. The standard InChI is InChI=1S/C40H44N4OS2/c1-5-7-9-11-25-44(26-12-10-8-6-2)32-16-13-30(14-17-32)15-18-33-20-23-37(46-33)38-24-21-34(47-38)19-22-36-35(29-43)39(31(27-41)28-42)45-40(36,3)4/h13-24H,5-12,25-26H2,1-4H3/b18-15+,22-19+. The fourth-order valence-electron chi connectivity index (χ4n) is 5.60. The van der Waals surface area contributed by atoms with E-state index in [0.717, 1.165) is 18.0 Å². The van der Waals surface area contributed by atoms with E-state index in [1.807, 2.05) is 38.1 Å². The fraction of sp³-hybridized carbons (Fsp3) is 0.375. The van der Waals surface area contributed by atoms with E-state index in [2.05, 4.69) is 85.5 Å². The molecule has 0 saturated heterocycles. The first-order valence-electron chi connectivity index (χ1n) is 16.6. The van der Waals surface area contributed by atoms with Crippen molar-refractivity contribution in [1.82, 2.24) is 0 Å². The van der Waals surface area contributed by atoms with Gasteiger partial charge in [-0.2, -0.15) is 15.8 Å². The Morgan fingerprint density at radius 2 is 1.28 bits per heavy atom. The summed E-state index contributed by atoms with van der Waals surface area (Å²) in [4.78, 5) is 7.18. The lowest BCUT2D eigenvalue weighted by molar-refractivity contribution is 0.0954. The number of ether oxygens (including phenoxy) is 1. The number of hydrogen-bond donors (Lipinski definition) is 0. The quantitative estimate of drug-likeness (QED) is 0.113. The van der Waals surface area contributed by atoms with Gasteiger partial charge in [0.25, 0.3) is 0 Å². The first-order valence-corrected chi connectivity index (χ1v) is 18.3. The Balaban J connectivity index is 1.42. The van der Waals surface area contributed by atoms with E-state index in [-0.39, 0.29) is 16.9 Å². The third-order valence-electron chi connectivity index (χ3n) is 8.24. The molecule has 242 valence electrons. The zero-order valence-electron chi connectivity index (χ0n) is 28.0. The maximum absolute atomic E-state index is 9.79. The number of hydrogen-bond acceptors (Lipinski definition) is 7. The van der Waals surface area contributed by atoms with Crippen molar-refractivity contribution in [2.75, 3.05) is 18.0 Å². The van der Waals surface area contributed by atoms with Gasteiger partial charge in [0.2, 0.25) is 0 Å². The van der Waals surface area contributed by atoms with Crippen molar-refractivity contribution in [3.8, 4) is 28.0 Å². The van der Waals surface area contributed by atoms with Crippen LogP contribution in [0, 0.1) is 34.0 Å². The molecule has 1 aliphatic rings. The summed E-state index contributed by atoms with van der Waals surface area (Å²) >= 11 is 3.43. The largest absolute Gasteiger partial charge is 0.480 e. The van der Waals surface area contributed by atoms with Crippen molar-refractivity contribution in [2.45, 2.75) is 84.7 Å². The highest BCUT2D eigenvalue weighted by Gasteiger charge is 2.38. The molecular formula is C40H44N4OS2. The van der Waals surface area contributed by atoms with Crippen LogP contribution in [0.25, 0.3) is 28.0 Å². The van der Waals surface area contributed by atoms with Gasteiger partial charge in [-0.25, -0.2) is 0 Å². The van der Waals surface area contributed by atoms with E-state index in [1.165, 1.54) is 77.2 Å². The summed E-state index contributed by atoms with van der Waals surface area (Å²) in [6.45, 7) is 10.5. The molecule has 1 aliphatic heterocycles. The molecule has 3 aromatic rings. The van der Waals surface area contributed by atoms with Crippen LogP contribution in [0.5, 0.6) is 0 Å². The highest BCUT2D eigenvalue weighted by atomic mass is 32.1. The second kappa shape index (κ2) is 17.5. The van der Waals surface area contributed by atoms with Crippen molar-refractivity contribution < 1.29 is 4.74 Å². The number of thiophene rings is 2. The van der Waals surface area contributed by atoms with Gasteiger partial charge in [0.15, 0.2) is 11.3 Å². The molecule has 4 rings (SSSR count).